The Bertz CT molecular complexity index is 391. The van der Waals surface area contributed by atoms with Gasteiger partial charge in [0.25, 0.3) is 0 Å². The molecule has 1 aromatic heterocycles. The SMILES string of the molecule is CCc1ncnc(NCC2(C)CCCO2)c1F. The molecule has 2 heterocycles. The number of hydrogen-bond donors (Lipinski definition) is 1. The predicted molar refractivity (Wildman–Crippen MR) is 63.4 cm³/mol. The van der Waals surface area contributed by atoms with Crippen LogP contribution in [-0.2, 0) is 11.2 Å². The van der Waals surface area contributed by atoms with Crippen LogP contribution < -0.4 is 5.32 Å². The number of ether oxygens (including phenoxy) is 1. The molecule has 1 aliphatic rings. The van der Waals surface area contributed by atoms with Gasteiger partial charge in [0, 0.05) is 13.2 Å². The van der Waals surface area contributed by atoms with Crippen LogP contribution in [0.3, 0.4) is 0 Å². The number of nitrogens with one attached hydrogen (secondary N) is 1. The van der Waals surface area contributed by atoms with Crippen molar-refractivity contribution in [2.75, 3.05) is 18.5 Å². The number of anilines is 1. The summed E-state index contributed by atoms with van der Waals surface area (Å²) in [6, 6.07) is 0. The highest BCUT2D eigenvalue weighted by atomic mass is 19.1. The van der Waals surface area contributed by atoms with Gasteiger partial charge in [-0.15, -0.1) is 0 Å². The zero-order valence-corrected chi connectivity index (χ0v) is 10.3. The first kappa shape index (κ1) is 12.2. The van der Waals surface area contributed by atoms with Crippen molar-refractivity contribution in [3.05, 3.63) is 17.8 Å². The van der Waals surface area contributed by atoms with Gasteiger partial charge in [-0.05, 0) is 26.2 Å². The first-order chi connectivity index (χ1) is 8.14. The van der Waals surface area contributed by atoms with E-state index >= 15 is 0 Å². The smallest absolute Gasteiger partial charge is 0.186 e. The molecule has 1 aromatic rings. The molecule has 94 valence electrons. The van der Waals surface area contributed by atoms with Crippen molar-refractivity contribution in [1.29, 1.82) is 0 Å². The molecule has 0 amide bonds. The van der Waals surface area contributed by atoms with E-state index in [1.165, 1.54) is 6.33 Å². The molecule has 4 nitrogen and oxygen atoms in total. The lowest BCUT2D eigenvalue weighted by Crippen LogP contribution is -2.33. The number of rotatable bonds is 4. The van der Waals surface area contributed by atoms with Gasteiger partial charge in [0.15, 0.2) is 11.6 Å². The number of nitrogens with zero attached hydrogens (tertiary/aromatic N) is 2. The molecule has 5 heteroatoms. The van der Waals surface area contributed by atoms with Crippen LogP contribution in [-0.4, -0.2) is 28.7 Å². The van der Waals surface area contributed by atoms with Gasteiger partial charge < -0.3 is 10.1 Å². The van der Waals surface area contributed by atoms with Crippen molar-refractivity contribution < 1.29 is 9.13 Å². The van der Waals surface area contributed by atoms with Crippen molar-refractivity contribution in [2.45, 2.75) is 38.7 Å². The van der Waals surface area contributed by atoms with Crippen LogP contribution in [0.5, 0.6) is 0 Å². The second-order valence-corrected chi connectivity index (χ2v) is 4.59. The largest absolute Gasteiger partial charge is 0.373 e. The van der Waals surface area contributed by atoms with Crippen LogP contribution in [0.2, 0.25) is 0 Å². The first-order valence-electron chi connectivity index (χ1n) is 6.02. The number of hydrogen-bond acceptors (Lipinski definition) is 4. The molecular weight excluding hydrogens is 221 g/mol. The monoisotopic (exact) mass is 239 g/mol. The van der Waals surface area contributed by atoms with Gasteiger partial charge >= 0.3 is 0 Å². The Morgan fingerprint density at radius 3 is 3.00 bits per heavy atom. The standard InChI is InChI=1S/C12H18FN3O/c1-3-9-10(13)11(16-8-15-9)14-7-12(2)5-4-6-17-12/h8H,3-7H2,1-2H3,(H,14,15,16). The van der Waals surface area contributed by atoms with E-state index in [0.717, 1.165) is 19.4 Å². The van der Waals surface area contributed by atoms with E-state index in [4.69, 9.17) is 4.74 Å². The van der Waals surface area contributed by atoms with Crippen LogP contribution in [0.25, 0.3) is 0 Å². The molecule has 1 unspecified atom stereocenters. The highest BCUT2D eigenvalue weighted by Gasteiger charge is 2.29. The van der Waals surface area contributed by atoms with E-state index in [1.807, 2.05) is 13.8 Å². The lowest BCUT2D eigenvalue weighted by molar-refractivity contribution is 0.0314. The maximum absolute atomic E-state index is 13.8. The highest BCUT2D eigenvalue weighted by molar-refractivity contribution is 5.37. The maximum atomic E-state index is 13.8. The third-order valence-electron chi connectivity index (χ3n) is 3.13. The summed E-state index contributed by atoms with van der Waals surface area (Å²) >= 11 is 0. The lowest BCUT2D eigenvalue weighted by Gasteiger charge is -2.23. The van der Waals surface area contributed by atoms with Crippen LogP contribution in [0.15, 0.2) is 6.33 Å². The minimum Gasteiger partial charge on any atom is -0.373 e. The van der Waals surface area contributed by atoms with Crippen LogP contribution in [0.4, 0.5) is 10.2 Å². The molecule has 0 saturated carbocycles. The molecule has 1 atom stereocenters. The average molecular weight is 239 g/mol. The Labute approximate surface area is 101 Å². The molecule has 0 aromatic carbocycles. The second-order valence-electron chi connectivity index (χ2n) is 4.59. The number of aromatic nitrogens is 2. The molecule has 0 bridgehead atoms. The quantitative estimate of drug-likeness (QED) is 0.874. The molecule has 0 aliphatic carbocycles. The van der Waals surface area contributed by atoms with Crippen molar-refractivity contribution in [3.8, 4) is 0 Å². The molecule has 0 radical (unpaired) electrons. The van der Waals surface area contributed by atoms with Crippen LogP contribution in [0.1, 0.15) is 32.4 Å². The zero-order valence-electron chi connectivity index (χ0n) is 10.3. The summed E-state index contributed by atoms with van der Waals surface area (Å²) in [5.41, 5.74) is 0.240. The van der Waals surface area contributed by atoms with E-state index in [2.05, 4.69) is 15.3 Å². The van der Waals surface area contributed by atoms with Gasteiger partial charge in [-0.25, -0.2) is 14.4 Å². The Hall–Kier alpha value is -1.23. The van der Waals surface area contributed by atoms with E-state index in [-0.39, 0.29) is 17.2 Å². The summed E-state index contributed by atoms with van der Waals surface area (Å²) < 4.78 is 19.5. The zero-order chi connectivity index (χ0) is 12.3. The fourth-order valence-corrected chi connectivity index (χ4v) is 2.02. The van der Waals surface area contributed by atoms with Gasteiger partial charge in [0.05, 0.1) is 11.3 Å². The van der Waals surface area contributed by atoms with Gasteiger partial charge in [-0.2, -0.15) is 0 Å². The van der Waals surface area contributed by atoms with Crippen molar-refractivity contribution in [2.24, 2.45) is 0 Å². The van der Waals surface area contributed by atoms with Crippen molar-refractivity contribution >= 4 is 5.82 Å². The third kappa shape index (κ3) is 2.72. The van der Waals surface area contributed by atoms with E-state index in [0.29, 0.717) is 18.7 Å². The molecule has 1 N–H and O–H groups in total. The Balaban J connectivity index is 2.03. The molecular formula is C12H18FN3O. The molecule has 0 spiro atoms. The Morgan fingerprint density at radius 1 is 1.53 bits per heavy atom. The molecule has 1 saturated heterocycles. The average Bonchev–Trinajstić information content (AvgIpc) is 2.75. The summed E-state index contributed by atoms with van der Waals surface area (Å²) in [7, 11) is 0. The van der Waals surface area contributed by atoms with Crippen molar-refractivity contribution in [1.82, 2.24) is 9.97 Å². The molecule has 1 aliphatic heterocycles. The van der Waals surface area contributed by atoms with Crippen LogP contribution in [0, 0.1) is 5.82 Å². The normalized spacial score (nSPS) is 23.9. The van der Waals surface area contributed by atoms with Gasteiger partial charge in [-0.1, -0.05) is 6.92 Å². The minimum absolute atomic E-state index is 0.205. The minimum atomic E-state index is -0.350. The highest BCUT2D eigenvalue weighted by Crippen LogP contribution is 2.25. The summed E-state index contributed by atoms with van der Waals surface area (Å²) in [5.74, 6) is -0.0785. The molecule has 1 fully saturated rings. The van der Waals surface area contributed by atoms with E-state index < -0.39 is 0 Å². The number of halogens is 1. The summed E-state index contributed by atoms with van der Waals surface area (Å²) in [6.07, 6.45) is 4.01. The molecule has 2 rings (SSSR count). The van der Waals surface area contributed by atoms with Crippen LogP contribution >= 0.6 is 0 Å². The van der Waals surface area contributed by atoms with Gasteiger partial charge in [0.2, 0.25) is 0 Å². The van der Waals surface area contributed by atoms with E-state index in [9.17, 15) is 4.39 Å². The Morgan fingerprint density at radius 2 is 2.35 bits per heavy atom. The lowest BCUT2D eigenvalue weighted by atomic mass is 10.0. The summed E-state index contributed by atoms with van der Waals surface area (Å²) in [5, 5.41) is 3.02. The summed E-state index contributed by atoms with van der Waals surface area (Å²) in [6.45, 7) is 5.26. The number of aryl methyl sites for hydroxylation is 1. The third-order valence-corrected chi connectivity index (χ3v) is 3.13. The molecule has 17 heavy (non-hydrogen) atoms. The Kier molecular flexibility index (Phi) is 3.57. The van der Waals surface area contributed by atoms with E-state index in [1.54, 1.807) is 0 Å². The fraction of sp³-hybridized carbons (Fsp3) is 0.667. The summed E-state index contributed by atoms with van der Waals surface area (Å²) in [4.78, 5) is 7.82. The second kappa shape index (κ2) is 4.96. The van der Waals surface area contributed by atoms with Crippen molar-refractivity contribution in [3.63, 3.8) is 0 Å². The first-order valence-corrected chi connectivity index (χ1v) is 6.02. The topological polar surface area (TPSA) is 47.0 Å². The predicted octanol–water partition coefficient (Wildman–Crippen LogP) is 2.16. The fourth-order valence-electron chi connectivity index (χ4n) is 2.02. The van der Waals surface area contributed by atoms with Gasteiger partial charge in [0.1, 0.15) is 6.33 Å². The maximum Gasteiger partial charge on any atom is 0.186 e. The van der Waals surface area contributed by atoms with Gasteiger partial charge in [-0.3, -0.25) is 0 Å².